The first kappa shape index (κ1) is 76.4. The van der Waals surface area contributed by atoms with Gasteiger partial charge >= 0.3 is 24.1 Å². The van der Waals surface area contributed by atoms with Gasteiger partial charge in [0.25, 0.3) is 6.47 Å². The van der Waals surface area contributed by atoms with Gasteiger partial charge in [0.05, 0.1) is 32.2 Å². The van der Waals surface area contributed by atoms with E-state index in [1.807, 2.05) is 0 Å². The van der Waals surface area contributed by atoms with Crippen LogP contribution in [0.2, 0.25) is 0 Å². The van der Waals surface area contributed by atoms with Gasteiger partial charge in [0.15, 0.2) is 0 Å². The lowest BCUT2D eigenvalue weighted by Crippen LogP contribution is -2.85. The van der Waals surface area contributed by atoms with Crippen molar-refractivity contribution in [3.8, 4) is 0 Å². The lowest BCUT2D eigenvalue weighted by molar-refractivity contribution is -0.662. The average Bonchev–Trinajstić information content (AvgIpc) is 3.40. The standard InChI is InChI=1S/2C20H30O2.2C5H11N.C5H6O4.C4H6O2.CO2/c2*1-2-3-4-5-6-7-8-9-10-11-12-13-14-15-16-17-18-19-20(21)22;2*1-2-4-6-5-3-1;1-8-5(7)2-3-9-4-6;1-2-3-4(5)6;2-1-3/h2*3-4,6-7,9-10,12-13,15-16H,2,5,8,11,14,17-19H2,1H3,(H,21,22);2*6H,1-5H2;2-4H,1H3;2-3H,1H3,(H,5,6);/b2*4-3-,7-6-,10-9-,13-12-,16-15-;;;2*3-2+;. The van der Waals surface area contributed by atoms with Crippen LogP contribution in [0.5, 0.6) is 0 Å². The maximum atomic E-state index is 10.3. The van der Waals surface area contributed by atoms with Crippen molar-refractivity contribution in [3.63, 3.8) is 0 Å². The summed E-state index contributed by atoms with van der Waals surface area (Å²) in [5.74, 6) is -3.13. The number of carbonyl (C=O) groups is 5. The number of piperidine rings is 2. The van der Waals surface area contributed by atoms with Gasteiger partial charge in [-0.3, -0.25) is 14.4 Å². The quantitative estimate of drug-likeness (QED) is 0.0131. The molecule has 0 aromatic heterocycles. The van der Waals surface area contributed by atoms with E-state index in [4.69, 9.17) is 19.8 Å². The SMILES string of the molecule is C/C=C/C(=O)[O-].C1CCNCC1.C1CC[NH2+]CC1.CC/C=C\C/C=C\C/C=C\C/C=C\C/C=C\CCCC(=O)O.CC/C=C\C/C=C\C/C=C\C/C=C\C/C=C\CCCC(=O)O.COC(=O)/C=C/OC=O.O=C=O. The summed E-state index contributed by atoms with van der Waals surface area (Å²) in [4.78, 5) is 65.9. The summed E-state index contributed by atoms with van der Waals surface area (Å²) in [5.41, 5.74) is 0. The van der Waals surface area contributed by atoms with E-state index < -0.39 is 23.9 Å². The second kappa shape index (κ2) is 75.5. The minimum Gasteiger partial charge on any atom is -0.545 e. The number of aliphatic carboxylic acids is 3. The van der Waals surface area contributed by atoms with Gasteiger partial charge in [-0.1, -0.05) is 148 Å². The summed E-state index contributed by atoms with van der Waals surface area (Å²) in [6.07, 6.45) is 70.0. The highest BCUT2D eigenvalue weighted by Gasteiger charge is 1.98. The molecule has 2 saturated heterocycles. The molecule has 0 atom stereocenters. The smallest absolute Gasteiger partial charge is 0.373 e. The molecule has 0 unspecified atom stereocenters. The van der Waals surface area contributed by atoms with Crippen molar-refractivity contribution in [1.29, 1.82) is 0 Å². The molecule has 74 heavy (non-hydrogen) atoms. The average molecular weight is 1040 g/mol. The Hall–Kier alpha value is -6.47. The fraction of sp³-hybridized carbons (Fsp3) is 0.500. The van der Waals surface area contributed by atoms with Crippen molar-refractivity contribution >= 4 is 36.5 Å². The van der Waals surface area contributed by atoms with Crippen LogP contribution in [0.25, 0.3) is 0 Å². The van der Waals surface area contributed by atoms with Crippen LogP contribution >= 0.6 is 0 Å². The zero-order valence-corrected chi connectivity index (χ0v) is 45.4. The molecule has 14 heteroatoms. The van der Waals surface area contributed by atoms with Gasteiger partial charge in [0.1, 0.15) is 6.26 Å². The van der Waals surface area contributed by atoms with Gasteiger partial charge in [-0.2, -0.15) is 9.59 Å². The number of nitrogens with two attached hydrogens (primary N) is 1. The molecule has 0 radical (unpaired) electrons. The first-order chi connectivity index (χ1) is 36.0. The van der Waals surface area contributed by atoms with E-state index >= 15 is 0 Å². The molecular weight excluding hydrogens is 941 g/mol. The van der Waals surface area contributed by atoms with Crippen molar-refractivity contribution in [2.75, 3.05) is 33.3 Å². The van der Waals surface area contributed by atoms with Gasteiger partial charge in [-0.25, -0.2) is 4.79 Å². The summed E-state index contributed by atoms with van der Waals surface area (Å²) in [6.45, 7) is 11.4. The number of carbonyl (C=O) groups excluding carboxylic acids is 5. The predicted molar refractivity (Wildman–Crippen MR) is 297 cm³/mol. The number of carboxylic acids is 3. The molecule has 0 bridgehead atoms. The van der Waals surface area contributed by atoms with Gasteiger partial charge in [-0.15, -0.1) is 0 Å². The first-order valence-electron chi connectivity index (χ1n) is 26.2. The Bertz CT molecular complexity index is 1570. The zero-order chi connectivity index (χ0) is 55.9. The van der Waals surface area contributed by atoms with Gasteiger partial charge < -0.3 is 40.2 Å². The topological polar surface area (TPSA) is 230 Å². The van der Waals surface area contributed by atoms with E-state index in [0.717, 1.165) is 108 Å². The van der Waals surface area contributed by atoms with Crippen molar-refractivity contribution in [2.24, 2.45) is 0 Å². The molecular formula is C60H94N2O12. The van der Waals surface area contributed by atoms with Crippen LogP contribution in [0.4, 0.5) is 0 Å². The number of unbranched alkanes of at least 4 members (excludes halogenated alkanes) is 2. The number of quaternary nitrogens is 1. The molecule has 2 aliphatic heterocycles. The molecule has 0 amide bonds. The summed E-state index contributed by atoms with van der Waals surface area (Å²) in [7, 11) is 1.23. The van der Waals surface area contributed by atoms with Gasteiger partial charge in [0, 0.05) is 12.8 Å². The maximum absolute atomic E-state index is 10.3. The van der Waals surface area contributed by atoms with Gasteiger partial charge in [-0.05, 0) is 148 Å². The molecule has 0 saturated carbocycles. The number of allylic oxidation sites excluding steroid dienone is 21. The Labute approximate surface area is 445 Å². The summed E-state index contributed by atoms with van der Waals surface area (Å²) < 4.78 is 8.22. The van der Waals surface area contributed by atoms with E-state index in [9.17, 15) is 29.1 Å². The highest BCUT2D eigenvalue weighted by molar-refractivity contribution is 5.81. The molecule has 5 N–H and O–H groups in total. The highest BCUT2D eigenvalue weighted by atomic mass is 16.5. The predicted octanol–water partition coefficient (Wildman–Crippen LogP) is 11.1. The molecule has 2 fully saturated rings. The number of ether oxygens (including phenoxy) is 2. The lowest BCUT2D eigenvalue weighted by atomic mass is 10.2. The first-order valence-corrected chi connectivity index (χ1v) is 26.2. The van der Waals surface area contributed by atoms with E-state index in [2.05, 4.69) is 155 Å². The number of esters is 1. The number of carboxylic acid groups (broad SMARTS) is 3. The fourth-order valence-corrected chi connectivity index (χ4v) is 5.51. The number of hydrogen-bond acceptors (Lipinski definition) is 11. The maximum Gasteiger partial charge on any atom is 0.373 e. The van der Waals surface area contributed by atoms with Crippen molar-refractivity contribution in [2.45, 2.75) is 162 Å². The Morgan fingerprint density at radius 2 is 0.892 bits per heavy atom. The van der Waals surface area contributed by atoms with E-state index in [-0.39, 0.29) is 25.5 Å². The largest absolute Gasteiger partial charge is 0.545 e. The molecule has 14 nitrogen and oxygen atoms in total. The summed E-state index contributed by atoms with van der Waals surface area (Å²) in [5, 5.41) is 32.1. The summed E-state index contributed by atoms with van der Waals surface area (Å²) >= 11 is 0. The minimum atomic E-state index is -1.14. The Morgan fingerprint density at radius 1 is 0.554 bits per heavy atom. The molecule has 2 rings (SSSR count). The van der Waals surface area contributed by atoms with E-state index in [1.54, 1.807) is 6.92 Å². The Balaban J connectivity index is -0.000000278. The molecule has 0 aromatic carbocycles. The van der Waals surface area contributed by atoms with Crippen LogP contribution in [0, 0.1) is 0 Å². The molecule has 416 valence electrons. The normalized spacial score (nSPS) is 13.5. The third-order valence-electron chi connectivity index (χ3n) is 9.20. The van der Waals surface area contributed by atoms with Crippen molar-refractivity contribution in [3.05, 3.63) is 146 Å². The minimum absolute atomic E-state index is 0.208. The third-order valence-corrected chi connectivity index (χ3v) is 9.20. The second-order valence-electron chi connectivity index (χ2n) is 15.7. The van der Waals surface area contributed by atoms with Crippen LogP contribution in [-0.4, -0.2) is 80.0 Å². The van der Waals surface area contributed by atoms with Crippen LogP contribution in [0.3, 0.4) is 0 Å². The fourth-order valence-electron chi connectivity index (χ4n) is 5.51. The van der Waals surface area contributed by atoms with E-state index in [0.29, 0.717) is 0 Å². The third kappa shape index (κ3) is 95.2. The molecule has 0 aliphatic carbocycles. The summed E-state index contributed by atoms with van der Waals surface area (Å²) in [6, 6.07) is 0. The molecule has 0 aromatic rings. The van der Waals surface area contributed by atoms with Crippen LogP contribution in [0.1, 0.15) is 162 Å². The molecule has 2 heterocycles. The Morgan fingerprint density at radius 3 is 1.09 bits per heavy atom. The highest BCUT2D eigenvalue weighted by Crippen LogP contribution is 2.01. The number of rotatable bonds is 30. The number of methoxy groups -OCH3 is 1. The zero-order valence-electron chi connectivity index (χ0n) is 45.4. The number of nitrogens with one attached hydrogen (secondary N) is 1. The van der Waals surface area contributed by atoms with Crippen LogP contribution < -0.4 is 15.7 Å². The van der Waals surface area contributed by atoms with E-state index in [1.165, 1.54) is 77.9 Å². The van der Waals surface area contributed by atoms with Gasteiger partial charge in [0.2, 0.25) is 0 Å². The number of hydrogen-bond donors (Lipinski definition) is 4. The molecule has 0 spiro atoms. The van der Waals surface area contributed by atoms with Crippen LogP contribution in [0.15, 0.2) is 146 Å². The van der Waals surface area contributed by atoms with Crippen molar-refractivity contribution < 1.29 is 63.7 Å². The van der Waals surface area contributed by atoms with Crippen LogP contribution in [-0.2, 0) is 43.0 Å². The second-order valence-corrected chi connectivity index (χ2v) is 15.7. The molecule has 2 aliphatic rings. The van der Waals surface area contributed by atoms with Crippen molar-refractivity contribution in [1.82, 2.24) is 5.32 Å². The monoisotopic (exact) mass is 1030 g/mol. The Kier molecular flexibility index (Phi) is 78.0. The lowest BCUT2D eigenvalue weighted by Gasteiger charge is -2.08.